The van der Waals surface area contributed by atoms with E-state index >= 15 is 0 Å². The van der Waals surface area contributed by atoms with E-state index in [2.05, 4.69) is 37.2 Å². The summed E-state index contributed by atoms with van der Waals surface area (Å²) < 4.78 is 21.8. The van der Waals surface area contributed by atoms with Crippen LogP contribution >= 0.6 is 0 Å². The Hall–Kier alpha value is -4.02. The lowest BCUT2D eigenvalue weighted by atomic mass is 10.0. The van der Waals surface area contributed by atoms with Crippen LogP contribution in [0.2, 0.25) is 0 Å². The Labute approximate surface area is 219 Å². The highest BCUT2D eigenvalue weighted by molar-refractivity contribution is 6.04. The third-order valence-corrected chi connectivity index (χ3v) is 7.39. The molecule has 2 aromatic carbocycles. The fraction of sp³-hybridized carbons (Fsp3) is 0.321. The van der Waals surface area contributed by atoms with Gasteiger partial charge in [-0.25, -0.2) is 14.2 Å². The van der Waals surface area contributed by atoms with Crippen molar-refractivity contribution in [2.75, 3.05) is 49.6 Å². The minimum Gasteiger partial charge on any atom is -0.478 e. The fourth-order valence-electron chi connectivity index (χ4n) is 5.45. The summed E-state index contributed by atoms with van der Waals surface area (Å²) in [6.07, 6.45) is 4.72. The Balaban J connectivity index is 1.21. The van der Waals surface area contributed by atoms with Gasteiger partial charge in [0, 0.05) is 55.2 Å². The largest absolute Gasteiger partial charge is 0.478 e. The van der Waals surface area contributed by atoms with E-state index in [1.54, 1.807) is 24.3 Å². The minimum atomic E-state index is -1.08. The average Bonchev–Trinajstić information content (AvgIpc) is 3.35. The number of rotatable bonds is 6. The second-order valence-corrected chi connectivity index (χ2v) is 9.64. The SMILES string of the molecule is O=C(O)c1cn(-c2nc(Nc3cccc(N4CCC(N5CCOCC5)CC4)c3)ncc2F)c2ccccc12. The molecule has 0 aliphatic carbocycles. The Bertz CT molecular complexity index is 1460. The second-order valence-electron chi connectivity index (χ2n) is 9.64. The molecule has 2 aromatic heterocycles. The van der Waals surface area contributed by atoms with Crippen LogP contribution < -0.4 is 10.2 Å². The van der Waals surface area contributed by atoms with Gasteiger partial charge >= 0.3 is 5.97 Å². The number of carboxylic acids is 1. The summed E-state index contributed by atoms with van der Waals surface area (Å²) in [6.45, 7) is 5.63. The Morgan fingerprint density at radius 3 is 2.63 bits per heavy atom. The first-order valence-electron chi connectivity index (χ1n) is 12.9. The number of fused-ring (bicyclic) bond motifs is 1. The topological polar surface area (TPSA) is 95.7 Å². The number of hydrogen-bond acceptors (Lipinski definition) is 7. The number of aromatic carboxylic acids is 1. The number of carboxylic acid groups (broad SMARTS) is 1. The first-order valence-corrected chi connectivity index (χ1v) is 12.9. The van der Waals surface area contributed by atoms with Crippen LogP contribution in [0.4, 0.5) is 21.7 Å². The molecule has 2 aliphatic rings. The van der Waals surface area contributed by atoms with Gasteiger partial charge in [0.05, 0.1) is 30.5 Å². The molecule has 0 spiro atoms. The van der Waals surface area contributed by atoms with Crippen molar-refractivity contribution in [3.63, 3.8) is 0 Å². The van der Waals surface area contributed by atoms with Gasteiger partial charge < -0.3 is 20.1 Å². The summed E-state index contributed by atoms with van der Waals surface area (Å²) in [6, 6.07) is 15.6. The lowest BCUT2D eigenvalue weighted by Gasteiger charge is -2.40. The molecule has 4 aromatic rings. The van der Waals surface area contributed by atoms with Crippen LogP contribution in [-0.4, -0.2) is 75.9 Å². The summed E-state index contributed by atoms with van der Waals surface area (Å²) in [7, 11) is 0. The molecular formula is C28H29FN6O3. The van der Waals surface area contributed by atoms with E-state index in [1.807, 2.05) is 12.1 Å². The van der Waals surface area contributed by atoms with Gasteiger partial charge in [-0.1, -0.05) is 24.3 Å². The van der Waals surface area contributed by atoms with Crippen molar-refractivity contribution in [3.05, 3.63) is 72.3 Å². The smallest absolute Gasteiger partial charge is 0.337 e. The summed E-state index contributed by atoms with van der Waals surface area (Å²) in [5.74, 6) is -1.53. The highest BCUT2D eigenvalue weighted by atomic mass is 19.1. The zero-order valence-corrected chi connectivity index (χ0v) is 20.9. The lowest BCUT2D eigenvalue weighted by Crippen LogP contribution is -2.49. The first kappa shape index (κ1) is 24.3. The monoisotopic (exact) mass is 516 g/mol. The van der Waals surface area contributed by atoms with Gasteiger partial charge in [0.15, 0.2) is 11.6 Å². The standard InChI is InChI=1S/C28H29FN6O3/c29-24-17-30-28(32-26(24)35-18-23(27(36)37)22-6-1-2-7-25(22)35)31-19-4-3-5-21(16-19)33-10-8-20(9-11-33)34-12-14-38-15-13-34/h1-7,16-18,20H,8-15H2,(H,36,37)(H,30,31,32). The van der Waals surface area contributed by atoms with E-state index < -0.39 is 11.8 Å². The van der Waals surface area contributed by atoms with Gasteiger partial charge in [-0.3, -0.25) is 9.47 Å². The molecule has 2 N–H and O–H groups in total. The summed E-state index contributed by atoms with van der Waals surface area (Å²) in [4.78, 5) is 25.2. The number of ether oxygens (including phenoxy) is 1. The summed E-state index contributed by atoms with van der Waals surface area (Å²) >= 11 is 0. The molecular weight excluding hydrogens is 487 g/mol. The molecule has 0 radical (unpaired) electrons. The Morgan fingerprint density at radius 1 is 1.05 bits per heavy atom. The van der Waals surface area contributed by atoms with E-state index in [0.717, 1.165) is 69.8 Å². The molecule has 0 bridgehead atoms. The Kier molecular flexibility index (Phi) is 6.65. The van der Waals surface area contributed by atoms with Crippen LogP contribution in [0.3, 0.4) is 0 Å². The maximum Gasteiger partial charge on any atom is 0.337 e. The highest BCUT2D eigenvalue weighted by Crippen LogP contribution is 2.28. The first-order chi connectivity index (χ1) is 18.6. The fourth-order valence-corrected chi connectivity index (χ4v) is 5.45. The molecule has 2 saturated heterocycles. The lowest BCUT2D eigenvalue weighted by molar-refractivity contribution is 0.0115. The second kappa shape index (κ2) is 10.4. The highest BCUT2D eigenvalue weighted by Gasteiger charge is 2.26. The van der Waals surface area contributed by atoms with Crippen molar-refractivity contribution in [1.29, 1.82) is 0 Å². The normalized spacial score (nSPS) is 17.1. The number of halogens is 1. The molecule has 0 unspecified atom stereocenters. The summed E-state index contributed by atoms with van der Waals surface area (Å²) in [5, 5.41) is 13.3. The number of morpholine rings is 1. The zero-order chi connectivity index (χ0) is 26.1. The van der Waals surface area contributed by atoms with Crippen molar-refractivity contribution < 1.29 is 19.0 Å². The number of piperidine rings is 1. The van der Waals surface area contributed by atoms with Crippen molar-refractivity contribution in [2.24, 2.45) is 0 Å². The molecule has 2 aliphatic heterocycles. The average molecular weight is 517 g/mol. The van der Waals surface area contributed by atoms with Crippen molar-refractivity contribution in [3.8, 4) is 5.82 Å². The molecule has 38 heavy (non-hydrogen) atoms. The molecule has 0 saturated carbocycles. The number of benzene rings is 2. The third-order valence-electron chi connectivity index (χ3n) is 7.39. The molecule has 2 fully saturated rings. The molecule has 4 heterocycles. The number of carbonyl (C=O) groups is 1. The van der Waals surface area contributed by atoms with Gasteiger partial charge in [-0.2, -0.15) is 4.98 Å². The predicted octanol–water partition coefficient (Wildman–Crippen LogP) is 4.30. The van der Waals surface area contributed by atoms with Gasteiger partial charge in [-0.05, 0) is 37.1 Å². The van der Waals surface area contributed by atoms with E-state index in [4.69, 9.17) is 4.74 Å². The number of aromatic nitrogens is 3. The zero-order valence-electron chi connectivity index (χ0n) is 20.9. The quantitative estimate of drug-likeness (QED) is 0.392. The van der Waals surface area contributed by atoms with Crippen LogP contribution in [0.25, 0.3) is 16.7 Å². The van der Waals surface area contributed by atoms with Gasteiger partial charge in [0.1, 0.15) is 0 Å². The Morgan fingerprint density at radius 2 is 1.84 bits per heavy atom. The molecule has 196 valence electrons. The van der Waals surface area contributed by atoms with Crippen LogP contribution in [0.15, 0.2) is 60.9 Å². The van der Waals surface area contributed by atoms with Crippen molar-refractivity contribution in [2.45, 2.75) is 18.9 Å². The number of nitrogens with one attached hydrogen (secondary N) is 1. The molecule has 6 rings (SSSR count). The van der Waals surface area contributed by atoms with Crippen LogP contribution in [0.1, 0.15) is 23.2 Å². The van der Waals surface area contributed by atoms with Gasteiger partial charge in [0.25, 0.3) is 0 Å². The van der Waals surface area contributed by atoms with Crippen molar-refractivity contribution >= 4 is 34.2 Å². The maximum atomic E-state index is 14.9. The van der Waals surface area contributed by atoms with Crippen LogP contribution in [0.5, 0.6) is 0 Å². The van der Waals surface area contributed by atoms with Gasteiger partial charge in [0.2, 0.25) is 5.95 Å². The van der Waals surface area contributed by atoms with E-state index in [0.29, 0.717) is 16.9 Å². The minimum absolute atomic E-state index is 0.0208. The molecule has 9 nitrogen and oxygen atoms in total. The van der Waals surface area contributed by atoms with Crippen LogP contribution in [-0.2, 0) is 4.74 Å². The molecule has 0 amide bonds. The van der Waals surface area contributed by atoms with Crippen molar-refractivity contribution in [1.82, 2.24) is 19.4 Å². The number of para-hydroxylation sites is 1. The van der Waals surface area contributed by atoms with E-state index in [1.165, 1.54) is 10.8 Å². The van der Waals surface area contributed by atoms with E-state index in [-0.39, 0.29) is 17.3 Å². The molecule has 10 heteroatoms. The maximum absolute atomic E-state index is 14.9. The molecule has 0 atom stereocenters. The van der Waals surface area contributed by atoms with Crippen LogP contribution in [0, 0.1) is 5.82 Å². The predicted molar refractivity (Wildman–Crippen MR) is 143 cm³/mol. The summed E-state index contributed by atoms with van der Waals surface area (Å²) in [5.41, 5.74) is 2.54. The number of hydrogen-bond donors (Lipinski definition) is 2. The van der Waals surface area contributed by atoms with Gasteiger partial charge in [-0.15, -0.1) is 0 Å². The third kappa shape index (κ3) is 4.80. The van der Waals surface area contributed by atoms with E-state index in [9.17, 15) is 14.3 Å². The number of anilines is 3. The number of nitrogens with zero attached hydrogens (tertiary/aromatic N) is 5.